The van der Waals surface area contributed by atoms with E-state index in [1.807, 2.05) is 20.8 Å². The van der Waals surface area contributed by atoms with Gasteiger partial charge in [0, 0.05) is 11.3 Å². The molecule has 2 aliphatic rings. The summed E-state index contributed by atoms with van der Waals surface area (Å²) in [5.74, 6) is 2.55. The van der Waals surface area contributed by atoms with Crippen LogP contribution in [-0.4, -0.2) is 5.78 Å². The van der Waals surface area contributed by atoms with E-state index >= 15 is 0 Å². The van der Waals surface area contributed by atoms with Gasteiger partial charge >= 0.3 is 0 Å². The molecule has 0 bridgehead atoms. The fourth-order valence-electron chi connectivity index (χ4n) is 2.71. The van der Waals surface area contributed by atoms with Crippen molar-refractivity contribution >= 4 is 5.78 Å². The van der Waals surface area contributed by atoms with E-state index in [0.29, 0.717) is 11.7 Å². The third-order valence-electron chi connectivity index (χ3n) is 3.45. The predicted octanol–water partition coefficient (Wildman–Crippen LogP) is 2.65. The Bertz CT molecular complexity index is 202. The van der Waals surface area contributed by atoms with Gasteiger partial charge in [0.05, 0.1) is 0 Å². The van der Waals surface area contributed by atoms with Gasteiger partial charge in [-0.1, -0.05) is 27.2 Å². The van der Waals surface area contributed by atoms with Gasteiger partial charge in [0.1, 0.15) is 5.78 Å². The zero-order chi connectivity index (χ0) is 8.93. The first-order valence-corrected chi connectivity index (χ1v) is 5.06. The Morgan fingerprint density at radius 3 is 2.08 bits per heavy atom. The lowest BCUT2D eigenvalue weighted by molar-refractivity contribution is -0.128. The second-order valence-corrected chi connectivity index (χ2v) is 5.40. The van der Waals surface area contributed by atoms with Crippen LogP contribution in [0.4, 0.5) is 0 Å². The first kappa shape index (κ1) is 8.28. The second kappa shape index (κ2) is 2.34. The van der Waals surface area contributed by atoms with Crippen LogP contribution in [0.25, 0.3) is 0 Å². The molecule has 0 radical (unpaired) electrons. The third-order valence-corrected chi connectivity index (χ3v) is 3.45. The minimum Gasteiger partial charge on any atom is -0.299 e. The molecule has 0 heterocycles. The van der Waals surface area contributed by atoms with Crippen molar-refractivity contribution in [2.24, 2.45) is 23.2 Å². The lowest BCUT2D eigenvalue weighted by Crippen LogP contribution is -2.23. The molecule has 2 unspecified atom stereocenters. The van der Waals surface area contributed by atoms with Crippen LogP contribution in [0.15, 0.2) is 0 Å². The fraction of sp³-hybridized carbons (Fsp3) is 0.909. The molecule has 0 aromatic rings. The molecule has 0 saturated heterocycles. The molecule has 68 valence electrons. The van der Waals surface area contributed by atoms with Gasteiger partial charge in [-0.05, 0) is 24.7 Å². The molecule has 0 N–H and O–H groups in total. The Morgan fingerprint density at radius 2 is 1.67 bits per heavy atom. The summed E-state index contributed by atoms with van der Waals surface area (Å²) < 4.78 is 0. The van der Waals surface area contributed by atoms with E-state index in [9.17, 15) is 4.79 Å². The van der Waals surface area contributed by atoms with E-state index in [0.717, 1.165) is 11.8 Å². The Balaban J connectivity index is 2.01. The highest BCUT2D eigenvalue weighted by atomic mass is 16.1. The van der Waals surface area contributed by atoms with Crippen LogP contribution in [-0.2, 0) is 4.79 Å². The van der Waals surface area contributed by atoms with E-state index in [1.54, 1.807) is 0 Å². The summed E-state index contributed by atoms with van der Waals surface area (Å²) >= 11 is 0. The second-order valence-electron chi connectivity index (χ2n) is 5.40. The summed E-state index contributed by atoms with van der Waals surface area (Å²) in [4.78, 5) is 11.8. The smallest absolute Gasteiger partial charge is 0.141 e. The summed E-state index contributed by atoms with van der Waals surface area (Å²) in [6, 6.07) is 0. The van der Waals surface area contributed by atoms with E-state index in [4.69, 9.17) is 0 Å². The summed E-state index contributed by atoms with van der Waals surface area (Å²) in [5, 5.41) is 0. The van der Waals surface area contributed by atoms with Crippen LogP contribution in [0.1, 0.15) is 40.0 Å². The first-order chi connectivity index (χ1) is 5.52. The van der Waals surface area contributed by atoms with Crippen LogP contribution in [0, 0.1) is 23.2 Å². The lowest BCUT2D eigenvalue weighted by Gasteiger charge is -2.17. The van der Waals surface area contributed by atoms with Crippen molar-refractivity contribution in [3.05, 3.63) is 0 Å². The molecule has 0 aliphatic heterocycles. The SMILES string of the molecule is CC(C)(C)C(=O)C1C2CCCC21. The first-order valence-electron chi connectivity index (χ1n) is 5.06. The molecule has 0 aromatic carbocycles. The van der Waals surface area contributed by atoms with Crippen LogP contribution in [0.3, 0.4) is 0 Å². The van der Waals surface area contributed by atoms with Crippen molar-refractivity contribution in [1.82, 2.24) is 0 Å². The highest BCUT2D eigenvalue weighted by Gasteiger charge is 2.57. The highest BCUT2D eigenvalue weighted by molar-refractivity contribution is 5.89. The monoisotopic (exact) mass is 166 g/mol. The Hall–Kier alpha value is -0.330. The molecule has 2 aliphatic carbocycles. The van der Waals surface area contributed by atoms with Crippen LogP contribution >= 0.6 is 0 Å². The van der Waals surface area contributed by atoms with Gasteiger partial charge in [-0.3, -0.25) is 4.79 Å². The van der Waals surface area contributed by atoms with Crippen LogP contribution < -0.4 is 0 Å². The maximum Gasteiger partial charge on any atom is 0.141 e. The molecule has 2 atom stereocenters. The number of Topliss-reactive ketones (excluding diaryl/α,β-unsaturated/α-hetero) is 1. The normalized spacial score (nSPS) is 39.4. The Labute approximate surface area is 74.5 Å². The quantitative estimate of drug-likeness (QED) is 0.585. The summed E-state index contributed by atoms with van der Waals surface area (Å²) in [5.41, 5.74) is -0.102. The number of rotatable bonds is 1. The zero-order valence-electron chi connectivity index (χ0n) is 8.26. The summed E-state index contributed by atoms with van der Waals surface area (Å²) in [6.45, 7) is 6.14. The van der Waals surface area contributed by atoms with E-state index in [1.165, 1.54) is 19.3 Å². The minimum absolute atomic E-state index is 0.102. The van der Waals surface area contributed by atoms with Crippen molar-refractivity contribution in [2.45, 2.75) is 40.0 Å². The molecule has 2 fully saturated rings. The third kappa shape index (κ3) is 1.10. The molecule has 2 rings (SSSR count). The van der Waals surface area contributed by atoms with Crippen molar-refractivity contribution in [2.75, 3.05) is 0 Å². The minimum atomic E-state index is -0.102. The Kier molecular flexibility index (Phi) is 1.61. The number of ketones is 1. The predicted molar refractivity (Wildman–Crippen MR) is 48.8 cm³/mol. The molecular weight excluding hydrogens is 148 g/mol. The summed E-state index contributed by atoms with van der Waals surface area (Å²) in [6.07, 6.45) is 4.00. The highest BCUT2D eigenvalue weighted by Crippen LogP contribution is 2.59. The average Bonchev–Trinajstić information content (AvgIpc) is 2.39. The molecule has 0 amide bonds. The van der Waals surface area contributed by atoms with Crippen molar-refractivity contribution in [3.63, 3.8) is 0 Å². The molecular formula is C11H18O. The van der Waals surface area contributed by atoms with Gasteiger partial charge in [0.2, 0.25) is 0 Å². The van der Waals surface area contributed by atoms with Gasteiger partial charge in [-0.15, -0.1) is 0 Å². The molecule has 12 heavy (non-hydrogen) atoms. The number of hydrogen-bond donors (Lipinski definition) is 0. The van der Waals surface area contributed by atoms with Gasteiger partial charge in [-0.25, -0.2) is 0 Å². The molecule has 1 heteroatoms. The molecule has 0 aromatic heterocycles. The maximum absolute atomic E-state index is 11.8. The van der Waals surface area contributed by atoms with Crippen LogP contribution in [0.2, 0.25) is 0 Å². The lowest BCUT2D eigenvalue weighted by atomic mass is 9.86. The fourth-order valence-corrected chi connectivity index (χ4v) is 2.71. The molecule has 1 nitrogen and oxygen atoms in total. The molecule has 2 saturated carbocycles. The van der Waals surface area contributed by atoms with Gasteiger partial charge < -0.3 is 0 Å². The average molecular weight is 166 g/mol. The summed E-state index contributed by atoms with van der Waals surface area (Å²) in [7, 11) is 0. The number of hydrogen-bond acceptors (Lipinski definition) is 1. The maximum atomic E-state index is 11.8. The number of carbonyl (C=O) groups excluding carboxylic acids is 1. The largest absolute Gasteiger partial charge is 0.299 e. The van der Waals surface area contributed by atoms with E-state index in [-0.39, 0.29) is 5.41 Å². The molecule has 0 spiro atoms. The van der Waals surface area contributed by atoms with Gasteiger partial charge in [-0.2, -0.15) is 0 Å². The van der Waals surface area contributed by atoms with Crippen molar-refractivity contribution in [3.8, 4) is 0 Å². The zero-order valence-corrected chi connectivity index (χ0v) is 8.26. The van der Waals surface area contributed by atoms with E-state index in [2.05, 4.69) is 0 Å². The van der Waals surface area contributed by atoms with Gasteiger partial charge in [0.15, 0.2) is 0 Å². The van der Waals surface area contributed by atoms with Crippen LogP contribution in [0.5, 0.6) is 0 Å². The number of fused-ring (bicyclic) bond motifs is 1. The van der Waals surface area contributed by atoms with E-state index < -0.39 is 0 Å². The topological polar surface area (TPSA) is 17.1 Å². The van der Waals surface area contributed by atoms with Crippen molar-refractivity contribution in [1.29, 1.82) is 0 Å². The van der Waals surface area contributed by atoms with Gasteiger partial charge in [0.25, 0.3) is 0 Å². The number of carbonyl (C=O) groups is 1. The Morgan fingerprint density at radius 1 is 1.17 bits per heavy atom. The van der Waals surface area contributed by atoms with Crippen molar-refractivity contribution < 1.29 is 4.79 Å². The standard InChI is InChI=1S/C11H18O/c1-11(2,3)10(12)9-7-5-4-6-8(7)9/h7-9H,4-6H2,1-3H3.